The molecule has 0 saturated carbocycles. The van der Waals surface area contributed by atoms with E-state index in [0.29, 0.717) is 5.65 Å². The van der Waals surface area contributed by atoms with Crippen molar-refractivity contribution >= 4 is 23.1 Å². The van der Waals surface area contributed by atoms with Gasteiger partial charge in [-0.25, -0.2) is 13.8 Å². The van der Waals surface area contributed by atoms with Crippen LogP contribution in [0.25, 0.3) is 16.9 Å². The molecule has 0 aliphatic carbocycles. The second-order valence-corrected chi connectivity index (χ2v) is 4.43. The van der Waals surface area contributed by atoms with Crippen molar-refractivity contribution in [3.05, 3.63) is 53.2 Å². The Labute approximate surface area is 112 Å². The highest BCUT2D eigenvalue weighted by atomic mass is 35.5. The summed E-state index contributed by atoms with van der Waals surface area (Å²) in [6.07, 6.45) is 1.20. The van der Waals surface area contributed by atoms with E-state index in [9.17, 15) is 8.78 Å². The topological polar surface area (TPSA) is 43.3 Å². The number of nitrogens with zero attached hydrogens (tertiary/aromatic N) is 2. The van der Waals surface area contributed by atoms with Crippen LogP contribution in [0.15, 0.2) is 36.5 Å². The zero-order chi connectivity index (χ0) is 13.6. The van der Waals surface area contributed by atoms with Crippen LogP contribution in [-0.2, 0) is 0 Å². The van der Waals surface area contributed by atoms with Crippen molar-refractivity contribution < 1.29 is 8.78 Å². The summed E-state index contributed by atoms with van der Waals surface area (Å²) < 4.78 is 28.5. The van der Waals surface area contributed by atoms with E-state index in [1.165, 1.54) is 34.9 Å². The number of hydrogen-bond acceptors (Lipinski definition) is 2. The summed E-state index contributed by atoms with van der Waals surface area (Å²) in [7, 11) is 0. The molecule has 2 heterocycles. The molecule has 19 heavy (non-hydrogen) atoms. The number of nitrogen functional groups attached to an aromatic ring is 1. The SMILES string of the molecule is Nc1c(-c2cccc(Cl)c2F)nc2ccc(F)cn12. The molecule has 1 aromatic carbocycles. The summed E-state index contributed by atoms with van der Waals surface area (Å²) in [5.41, 5.74) is 6.75. The van der Waals surface area contributed by atoms with Gasteiger partial charge in [0, 0.05) is 11.8 Å². The van der Waals surface area contributed by atoms with Gasteiger partial charge in [-0.3, -0.25) is 4.40 Å². The molecule has 6 heteroatoms. The summed E-state index contributed by atoms with van der Waals surface area (Å²) in [5, 5.41) is -0.0138. The lowest BCUT2D eigenvalue weighted by atomic mass is 10.1. The van der Waals surface area contributed by atoms with Crippen LogP contribution in [0, 0.1) is 11.6 Å². The maximum atomic E-state index is 14.0. The van der Waals surface area contributed by atoms with Crippen molar-refractivity contribution in [1.82, 2.24) is 9.38 Å². The van der Waals surface area contributed by atoms with Crippen molar-refractivity contribution in [2.24, 2.45) is 0 Å². The lowest BCUT2D eigenvalue weighted by Gasteiger charge is -2.02. The molecular formula is C13H8ClF2N3. The number of pyridine rings is 1. The third-order valence-electron chi connectivity index (χ3n) is 2.83. The predicted molar refractivity (Wildman–Crippen MR) is 70.0 cm³/mol. The maximum absolute atomic E-state index is 14.0. The molecule has 0 atom stereocenters. The van der Waals surface area contributed by atoms with Gasteiger partial charge >= 0.3 is 0 Å². The lowest BCUT2D eigenvalue weighted by Crippen LogP contribution is -1.96. The smallest absolute Gasteiger partial charge is 0.151 e. The minimum Gasteiger partial charge on any atom is -0.383 e. The first-order valence-corrected chi connectivity index (χ1v) is 5.83. The first kappa shape index (κ1) is 11.9. The lowest BCUT2D eigenvalue weighted by molar-refractivity contribution is 0.619. The Bertz CT molecular complexity index is 783. The molecule has 2 aromatic heterocycles. The zero-order valence-electron chi connectivity index (χ0n) is 9.57. The Kier molecular flexibility index (Phi) is 2.64. The van der Waals surface area contributed by atoms with Crippen molar-refractivity contribution in [3.63, 3.8) is 0 Å². The Morgan fingerprint density at radius 1 is 1.16 bits per heavy atom. The predicted octanol–water partition coefficient (Wildman–Crippen LogP) is 3.52. The normalized spacial score (nSPS) is 11.1. The third kappa shape index (κ3) is 1.82. The minimum absolute atomic E-state index is 0.0138. The number of anilines is 1. The summed E-state index contributed by atoms with van der Waals surface area (Å²) >= 11 is 5.73. The molecule has 0 unspecified atom stereocenters. The fraction of sp³-hybridized carbons (Fsp3) is 0. The first-order valence-electron chi connectivity index (χ1n) is 5.45. The van der Waals surface area contributed by atoms with Gasteiger partial charge in [-0.15, -0.1) is 0 Å². The number of benzene rings is 1. The number of fused-ring (bicyclic) bond motifs is 1. The van der Waals surface area contributed by atoms with Gasteiger partial charge in [0.2, 0.25) is 0 Å². The summed E-state index contributed by atoms with van der Waals surface area (Å²) in [6, 6.07) is 7.30. The monoisotopic (exact) mass is 279 g/mol. The van der Waals surface area contributed by atoms with Crippen LogP contribution >= 0.6 is 11.6 Å². The van der Waals surface area contributed by atoms with Gasteiger partial charge in [-0.2, -0.15) is 0 Å². The largest absolute Gasteiger partial charge is 0.383 e. The molecule has 0 saturated heterocycles. The molecule has 0 bridgehead atoms. The Morgan fingerprint density at radius 2 is 1.95 bits per heavy atom. The van der Waals surface area contributed by atoms with Gasteiger partial charge in [-0.05, 0) is 24.3 Å². The van der Waals surface area contributed by atoms with Gasteiger partial charge in [-0.1, -0.05) is 17.7 Å². The first-order chi connectivity index (χ1) is 9.08. The number of imidazole rings is 1. The van der Waals surface area contributed by atoms with E-state index in [-0.39, 0.29) is 22.1 Å². The Hall–Kier alpha value is -2.14. The number of aromatic nitrogens is 2. The molecule has 96 valence electrons. The highest BCUT2D eigenvalue weighted by Gasteiger charge is 2.16. The van der Waals surface area contributed by atoms with Crippen LogP contribution in [-0.4, -0.2) is 9.38 Å². The number of hydrogen-bond donors (Lipinski definition) is 1. The molecule has 3 nitrogen and oxygen atoms in total. The van der Waals surface area contributed by atoms with Crippen molar-refractivity contribution in [2.45, 2.75) is 0 Å². The van der Waals surface area contributed by atoms with Crippen molar-refractivity contribution in [2.75, 3.05) is 5.73 Å². The van der Waals surface area contributed by atoms with Crippen LogP contribution in [0.4, 0.5) is 14.6 Å². The average molecular weight is 280 g/mol. The number of halogens is 3. The fourth-order valence-corrected chi connectivity index (χ4v) is 2.10. The van der Waals surface area contributed by atoms with E-state index in [1.807, 2.05) is 0 Å². The second kappa shape index (κ2) is 4.20. The summed E-state index contributed by atoms with van der Waals surface area (Å²) in [6.45, 7) is 0. The molecule has 3 rings (SSSR count). The number of nitrogens with two attached hydrogens (primary N) is 1. The zero-order valence-corrected chi connectivity index (χ0v) is 10.3. The van der Waals surface area contributed by atoms with Gasteiger partial charge in [0.05, 0.1) is 5.02 Å². The molecule has 3 aromatic rings. The van der Waals surface area contributed by atoms with Crippen LogP contribution < -0.4 is 5.73 Å². The van der Waals surface area contributed by atoms with Crippen molar-refractivity contribution in [1.29, 1.82) is 0 Å². The van der Waals surface area contributed by atoms with Crippen LogP contribution in [0.1, 0.15) is 0 Å². The molecule has 0 radical (unpaired) electrons. The van der Waals surface area contributed by atoms with Crippen LogP contribution in [0.5, 0.6) is 0 Å². The third-order valence-corrected chi connectivity index (χ3v) is 3.12. The fourth-order valence-electron chi connectivity index (χ4n) is 1.92. The Balaban J connectivity index is 2.31. The quantitative estimate of drug-likeness (QED) is 0.741. The van der Waals surface area contributed by atoms with E-state index in [4.69, 9.17) is 17.3 Å². The molecule has 0 aliphatic rings. The van der Waals surface area contributed by atoms with E-state index in [2.05, 4.69) is 4.98 Å². The summed E-state index contributed by atoms with van der Waals surface area (Å²) in [5.74, 6) is -0.884. The molecular weight excluding hydrogens is 272 g/mol. The van der Waals surface area contributed by atoms with Gasteiger partial charge in [0.15, 0.2) is 5.82 Å². The molecule has 0 fully saturated rings. The second-order valence-electron chi connectivity index (χ2n) is 4.02. The summed E-state index contributed by atoms with van der Waals surface area (Å²) in [4.78, 5) is 4.20. The Morgan fingerprint density at radius 3 is 2.74 bits per heavy atom. The highest BCUT2D eigenvalue weighted by Crippen LogP contribution is 2.31. The van der Waals surface area contributed by atoms with E-state index < -0.39 is 11.6 Å². The van der Waals surface area contributed by atoms with Gasteiger partial charge in [0.25, 0.3) is 0 Å². The van der Waals surface area contributed by atoms with Gasteiger partial charge < -0.3 is 5.73 Å². The molecule has 2 N–H and O–H groups in total. The average Bonchev–Trinajstić information content (AvgIpc) is 2.70. The van der Waals surface area contributed by atoms with Crippen LogP contribution in [0.2, 0.25) is 5.02 Å². The molecule has 0 spiro atoms. The van der Waals surface area contributed by atoms with Crippen molar-refractivity contribution in [3.8, 4) is 11.3 Å². The maximum Gasteiger partial charge on any atom is 0.151 e. The van der Waals surface area contributed by atoms with Crippen LogP contribution in [0.3, 0.4) is 0 Å². The highest BCUT2D eigenvalue weighted by molar-refractivity contribution is 6.31. The van der Waals surface area contributed by atoms with E-state index >= 15 is 0 Å². The van der Waals surface area contributed by atoms with Gasteiger partial charge in [0.1, 0.15) is 23.0 Å². The molecule has 0 aliphatic heterocycles. The minimum atomic E-state index is -0.597. The standard InChI is InChI=1S/C13H8ClF2N3/c14-9-3-1-2-8(11(9)16)12-13(17)19-6-7(15)4-5-10(19)18-12/h1-6H,17H2. The number of rotatable bonds is 1. The molecule has 0 amide bonds. The van der Waals surface area contributed by atoms with E-state index in [0.717, 1.165) is 0 Å². The van der Waals surface area contributed by atoms with E-state index in [1.54, 1.807) is 6.07 Å².